The maximum absolute atomic E-state index is 11.6. The summed E-state index contributed by atoms with van der Waals surface area (Å²) in [5.74, 6) is -0.306. The van der Waals surface area contributed by atoms with Gasteiger partial charge in [-0.25, -0.2) is 4.99 Å². The zero-order chi connectivity index (χ0) is 13.3. The number of hydrogen-bond acceptors (Lipinski definition) is 2. The van der Waals surface area contributed by atoms with Crippen molar-refractivity contribution in [3.05, 3.63) is 35.6 Å². The third kappa shape index (κ3) is 2.47. The lowest BCUT2D eigenvalue weighted by Gasteiger charge is -2.25. The van der Waals surface area contributed by atoms with Gasteiger partial charge in [-0.1, -0.05) is 25.5 Å². The second kappa shape index (κ2) is 4.72. The largest absolute Gasteiger partial charge is 0.325 e. The number of allylic oxidation sites excluding steroid dienone is 3. The molecule has 2 amide bonds. The molecule has 1 atom stereocenters. The van der Waals surface area contributed by atoms with Crippen molar-refractivity contribution in [1.82, 2.24) is 5.32 Å². The Morgan fingerprint density at radius 1 is 1.39 bits per heavy atom. The Balaban J connectivity index is 2.28. The summed E-state index contributed by atoms with van der Waals surface area (Å²) in [4.78, 5) is 27.0. The van der Waals surface area contributed by atoms with Crippen LogP contribution in [0.3, 0.4) is 0 Å². The minimum absolute atomic E-state index is 0.0933. The molecule has 2 rings (SSSR count). The molecule has 4 heteroatoms. The van der Waals surface area contributed by atoms with Crippen molar-refractivity contribution < 1.29 is 9.59 Å². The first kappa shape index (κ1) is 12.5. The van der Waals surface area contributed by atoms with Crippen molar-refractivity contribution >= 4 is 17.5 Å². The fraction of sp³-hybridized carbons (Fsp3) is 0.357. The van der Waals surface area contributed by atoms with Crippen molar-refractivity contribution in [2.45, 2.75) is 20.8 Å². The Morgan fingerprint density at radius 3 is 2.78 bits per heavy atom. The monoisotopic (exact) mass is 244 g/mol. The van der Waals surface area contributed by atoms with Gasteiger partial charge in [0.25, 0.3) is 0 Å². The zero-order valence-corrected chi connectivity index (χ0v) is 10.7. The van der Waals surface area contributed by atoms with E-state index in [-0.39, 0.29) is 23.7 Å². The van der Waals surface area contributed by atoms with Gasteiger partial charge in [0.2, 0.25) is 11.8 Å². The van der Waals surface area contributed by atoms with Crippen LogP contribution in [-0.2, 0) is 9.59 Å². The number of rotatable bonds is 1. The lowest BCUT2D eigenvalue weighted by Crippen LogP contribution is -2.32. The van der Waals surface area contributed by atoms with E-state index in [2.05, 4.69) is 10.3 Å². The van der Waals surface area contributed by atoms with E-state index in [0.717, 1.165) is 11.3 Å². The Labute approximate surface area is 106 Å². The first-order valence-electron chi connectivity index (χ1n) is 5.99. The van der Waals surface area contributed by atoms with Crippen LogP contribution in [0.4, 0.5) is 0 Å². The number of carbonyl (C=O) groups is 2. The molecule has 0 saturated heterocycles. The summed E-state index contributed by atoms with van der Waals surface area (Å²) < 4.78 is 0. The highest BCUT2D eigenvalue weighted by Gasteiger charge is 2.23. The molecule has 0 aromatic rings. The van der Waals surface area contributed by atoms with Gasteiger partial charge >= 0.3 is 0 Å². The third-order valence-electron chi connectivity index (χ3n) is 2.95. The molecule has 4 nitrogen and oxygen atoms in total. The number of carbonyl (C=O) groups excluding carboxylic acids is 2. The molecule has 1 aliphatic carbocycles. The first-order valence-corrected chi connectivity index (χ1v) is 5.99. The van der Waals surface area contributed by atoms with Crippen molar-refractivity contribution in [2.75, 3.05) is 0 Å². The van der Waals surface area contributed by atoms with Crippen LogP contribution in [0.15, 0.2) is 40.6 Å². The maximum atomic E-state index is 11.6. The highest BCUT2D eigenvalue weighted by molar-refractivity contribution is 6.11. The lowest BCUT2D eigenvalue weighted by molar-refractivity contribution is -0.120. The molecule has 94 valence electrons. The summed E-state index contributed by atoms with van der Waals surface area (Å²) in [7, 11) is 0. The standard InChI is InChI=1S/C14H16N2O2/c1-8(2)14(18)15-10-4-5-11-9(3)6-13(17)16-12(11)7-10/h4-8,11H,1-3H3,(H,16,17). The quantitative estimate of drug-likeness (QED) is 0.764. The van der Waals surface area contributed by atoms with E-state index in [0.29, 0.717) is 5.71 Å². The van der Waals surface area contributed by atoms with E-state index in [9.17, 15) is 9.59 Å². The second-order valence-corrected chi connectivity index (χ2v) is 4.84. The lowest BCUT2D eigenvalue weighted by atomic mass is 9.89. The molecule has 1 heterocycles. The predicted molar refractivity (Wildman–Crippen MR) is 69.9 cm³/mol. The molecule has 1 aliphatic heterocycles. The van der Waals surface area contributed by atoms with E-state index in [1.54, 1.807) is 12.2 Å². The molecule has 0 radical (unpaired) electrons. The molecule has 0 aromatic heterocycles. The van der Waals surface area contributed by atoms with E-state index >= 15 is 0 Å². The summed E-state index contributed by atoms with van der Waals surface area (Å²) in [5, 5.41) is 2.78. The van der Waals surface area contributed by atoms with Gasteiger partial charge in [-0.15, -0.1) is 0 Å². The highest BCUT2D eigenvalue weighted by Crippen LogP contribution is 2.26. The molecule has 2 aliphatic rings. The summed E-state index contributed by atoms with van der Waals surface area (Å²) in [6, 6.07) is 0. The van der Waals surface area contributed by atoms with Crippen molar-refractivity contribution in [3.8, 4) is 0 Å². The zero-order valence-electron chi connectivity index (χ0n) is 10.7. The van der Waals surface area contributed by atoms with Gasteiger partial charge in [0.05, 0.1) is 5.71 Å². The molecule has 1 unspecified atom stereocenters. The summed E-state index contributed by atoms with van der Waals surface area (Å²) in [6.45, 7) is 5.54. The maximum Gasteiger partial charge on any atom is 0.248 e. The van der Waals surface area contributed by atoms with Crippen LogP contribution in [0.25, 0.3) is 0 Å². The van der Waals surface area contributed by atoms with Crippen LogP contribution in [0, 0.1) is 11.8 Å². The second-order valence-electron chi connectivity index (χ2n) is 4.84. The van der Waals surface area contributed by atoms with E-state index in [1.807, 2.05) is 32.9 Å². The fourth-order valence-corrected chi connectivity index (χ4v) is 1.91. The number of aliphatic imine (C=N–C) groups is 1. The van der Waals surface area contributed by atoms with E-state index < -0.39 is 0 Å². The van der Waals surface area contributed by atoms with Gasteiger partial charge in [0.1, 0.15) is 0 Å². The van der Waals surface area contributed by atoms with Crippen LogP contribution in [0.5, 0.6) is 0 Å². The number of nitrogens with zero attached hydrogens (tertiary/aromatic N) is 1. The number of nitrogens with one attached hydrogen (secondary N) is 1. The fourth-order valence-electron chi connectivity index (χ4n) is 1.91. The van der Waals surface area contributed by atoms with Crippen LogP contribution in [0.1, 0.15) is 20.8 Å². The van der Waals surface area contributed by atoms with Crippen molar-refractivity contribution in [1.29, 1.82) is 0 Å². The smallest absolute Gasteiger partial charge is 0.248 e. The Morgan fingerprint density at radius 2 is 2.11 bits per heavy atom. The Kier molecular flexibility index (Phi) is 3.28. The van der Waals surface area contributed by atoms with Crippen LogP contribution >= 0.6 is 0 Å². The minimum Gasteiger partial charge on any atom is -0.325 e. The van der Waals surface area contributed by atoms with E-state index in [1.165, 1.54) is 0 Å². The van der Waals surface area contributed by atoms with Crippen LogP contribution < -0.4 is 5.32 Å². The molecular weight excluding hydrogens is 228 g/mol. The summed E-state index contributed by atoms with van der Waals surface area (Å²) in [5.41, 5.74) is 2.38. The van der Waals surface area contributed by atoms with Gasteiger partial charge in [-0.05, 0) is 19.1 Å². The van der Waals surface area contributed by atoms with Crippen LogP contribution in [0.2, 0.25) is 0 Å². The number of fused-ring (bicyclic) bond motifs is 1. The summed E-state index contributed by atoms with van der Waals surface area (Å²) in [6.07, 6.45) is 7.13. The molecule has 0 aromatic carbocycles. The average molecular weight is 244 g/mol. The van der Waals surface area contributed by atoms with Crippen molar-refractivity contribution in [2.24, 2.45) is 16.8 Å². The normalized spacial score (nSPS) is 24.6. The molecule has 0 bridgehead atoms. The van der Waals surface area contributed by atoms with Crippen LogP contribution in [-0.4, -0.2) is 17.5 Å². The topological polar surface area (TPSA) is 58.5 Å². The van der Waals surface area contributed by atoms with Crippen molar-refractivity contribution in [3.63, 3.8) is 0 Å². The molecular formula is C14H16N2O2. The first-order chi connectivity index (χ1) is 8.47. The molecule has 18 heavy (non-hydrogen) atoms. The van der Waals surface area contributed by atoms with Gasteiger partial charge in [0, 0.05) is 23.6 Å². The van der Waals surface area contributed by atoms with Gasteiger partial charge in [-0.2, -0.15) is 0 Å². The molecule has 1 N–H and O–H groups in total. The average Bonchev–Trinajstić information content (AvgIpc) is 2.27. The highest BCUT2D eigenvalue weighted by atomic mass is 16.2. The Hall–Kier alpha value is -1.97. The number of amides is 2. The predicted octanol–water partition coefficient (Wildman–Crippen LogP) is 1.76. The molecule has 0 fully saturated rings. The van der Waals surface area contributed by atoms with Gasteiger partial charge in [0.15, 0.2) is 0 Å². The SMILES string of the molecule is CC1=CC(=O)NC2=CC(=NC(=O)C(C)C)C=CC12. The minimum atomic E-state index is -0.153. The Bertz CT molecular complexity index is 522. The summed E-state index contributed by atoms with van der Waals surface area (Å²) >= 11 is 0. The van der Waals surface area contributed by atoms with Gasteiger partial charge in [-0.3, -0.25) is 9.59 Å². The van der Waals surface area contributed by atoms with E-state index in [4.69, 9.17) is 0 Å². The van der Waals surface area contributed by atoms with Gasteiger partial charge < -0.3 is 5.32 Å². The molecule has 0 saturated carbocycles. The number of hydrogen-bond donors (Lipinski definition) is 1. The third-order valence-corrected chi connectivity index (χ3v) is 2.95. The molecule has 0 spiro atoms.